The Kier molecular flexibility index (Phi) is 34.1. The molecule has 0 bridgehead atoms. The predicted molar refractivity (Wildman–Crippen MR) is 214 cm³/mol. The normalized spacial score (nSPS) is 11.4. The molecular weight excluding hydrogens is 773 g/mol. The number of carboxylic acids is 1. The number of terminal acetylenes is 2. The van der Waals surface area contributed by atoms with Gasteiger partial charge in [0.05, 0.1) is 12.8 Å². The third-order valence-electron chi connectivity index (χ3n) is 7.29. The summed E-state index contributed by atoms with van der Waals surface area (Å²) in [4.78, 5) is 100. The molecule has 1 heterocycles. The van der Waals surface area contributed by atoms with Crippen LogP contribution >= 0.6 is 23.5 Å². The van der Waals surface area contributed by atoms with Gasteiger partial charge in [0.1, 0.15) is 0 Å². The number of nitrogens with zero attached hydrogens (tertiary/aromatic N) is 3. The molecule has 16 nitrogen and oxygen atoms in total. The first-order valence-corrected chi connectivity index (χ1v) is 20.7. The van der Waals surface area contributed by atoms with Gasteiger partial charge < -0.3 is 30.4 Å². The van der Waals surface area contributed by atoms with Gasteiger partial charge in [-0.05, 0) is 12.8 Å². The molecule has 0 aromatic heterocycles. The molecule has 19 heteroatoms. The number of carbonyl (C=O) groups is 8. The van der Waals surface area contributed by atoms with Crippen LogP contribution in [0.25, 0.3) is 0 Å². The van der Waals surface area contributed by atoms with E-state index in [1.165, 1.54) is 23.5 Å². The maximum atomic E-state index is 12.1. The second-order valence-corrected chi connectivity index (χ2v) is 13.9. The number of hydroxylamine groups is 2. The molecule has 1 fully saturated rings. The second kappa shape index (κ2) is 35.5. The lowest BCUT2D eigenvalue weighted by Gasteiger charge is -2.22. The van der Waals surface area contributed by atoms with Crippen molar-refractivity contribution in [3.8, 4) is 24.7 Å². The maximum Gasteiger partial charge on any atom is 0.334 e. The Bertz CT molecular complexity index is 1290. The molecule has 0 aromatic carbocycles. The molecule has 1 aliphatic heterocycles. The van der Waals surface area contributed by atoms with Gasteiger partial charge in [0, 0.05) is 126 Å². The fraction of sp³-hybridized carbons (Fsp3) is 0.667. The number of imide groups is 1. The summed E-state index contributed by atoms with van der Waals surface area (Å²) in [5.41, 5.74) is 0. The van der Waals surface area contributed by atoms with Crippen molar-refractivity contribution in [3.05, 3.63) is 0 Å². The Morgan fingerprint density at radius 2 is 1.16 bits per heavy atom. The number of rotatable bonds is 27. The van der Waals surface area contributed by atoms with E-state index in [1.54, 1.807) is 23.6 Å². The molecule has 0 unspecified atom stereocenters. The zero-order chi connectivity index (χ0) is 41.9. The van der Waals surface area contributed by atoms with Crippen LogP contribution in [0.4, 0.5) is 0 Å². The van der Waals surface area contributed by atoms with E-state index in [2.05, 4.69) is 34.9 Å². The van der Waals surface area contributed by atoms with Crippen LogP contribution in [0.2, 0.25) is 0 Å². The van der Waals surface area contributed by atoms with E-state index in [9.17, 15) is 38.4 Å². The van der Waals surface area contributed by atoms with Crippen LogP contribution in [-0.4, -0.2) is 130 Å². The van der Waals surface area contributed by atoms with Crippen molar-refractivity contribution in [2.24, 2.45) is 0 Å². The minimum absolute atomic E-state index is 0.0114. The summed E-state index contributed by atoms with van der Waals surface area (Å²) in [6, 6.07) is 0. The van der Waals surface area contributed by atoms with Crippen LogP contribution in [0.15, 0.2) is 0 Å². The summed E-state index contributed by atoms with van der Waals surface area (Å²) in [5, 5.41) is 14.7. The molecule has 0 atom stereocenters. The smallest absolute Gasteiger partial charge is 0.334 e. The Morgan fingerprint density at radius 3 is 1.55 bits per heavy atom. The van der Waals surface area contributed by atoms with Gasteiger partial charge in [-0.2, -0.15) is 23.5 Å². The number of carboxylic acid groups (broad SMARTS) is 1. The van der Waals surface area contributed by atoms with Crippen molar-refractivity contribution in [1.29, 1.82) is 4.78 Å². The number of hydrogen-bond donors (Lipinski definition) is 4. The third kappa shape index (κ3) is 28.9. The van der Waals surface area contributed by atoms with E-state index >= 15 is 0 Å². The standard InChI is InChI=1S/C20H29N3O6S.C16H26N2O4S.HNS/c1-3-5-6-7-16(24)21-11-12-22(17(25)4-2)13-15-30-14-10-20(28)29-23-18(26)8-9-19(23)27;1-3-5-6-7-14(19)17-9-10-18(15(20)4-2)11-13-23-12-8-16(21)22;1-2/h1H,4-15H2,2H3,(H,21,24);1H,4-13H2,2H3,(H,17,19)(H,21,22);1H. The van der Waals surface area contributed by atoms with Crippen molar-refractivity contribution in [2.75, 3.05) is 62.3 Å². The highest BCUT2D eigenvalue weighted by Gasteiger charge is 2.32. The quantitative estimate of drug-likeness (QED) is 0.0532. The van der Waals surface area contributed by atoms with Crippen LogP contribution in [0.3, 0.4) is 0 Å². The van der Waals surface area contributed by atoms with Gasteiger partial charge in [0.25, 0.3) is 11.8 Å². The Morgan fingerprint density at radius 1 is 0.745 bits per heavy atom. The summed E-state index contributed by atoms with van der Waals surface area (Å²) in [7, 11) is 0. The summed E-state index contributed by atoms with van der Waals surface area (Å²) in [6.45, 7) is 6.29. The average molecular weight is 829 g/mol. The molecule has 6 amide bonds. The molecule has 0 saturated carbocycles. The number of aliphatic carboxylic acids is 1. The molecule has 308 valence electrons. The largest absolute Gasteiger partial charge is 0.481 e. The molecule has 0 aromatic rings. The summed E-state index contributed by atoms with van der Waals surface area (Å²) >= 11 is 6.31. The Hall–Kier alpha value is -4.20. The third-order valence-corrected chi connectivity index (χ3v) is 9.22. The number of amides is 6. The molecule has 1 aliphatic rings. The first kappa shape index (κ1) is 52.9. The van der Waals surface area contributed by atoms with Crippen molar-refractivity contribution in [3.63, 3.8) is 0 Å². The van der Waals surface area contributed by atoms with Crippen LogP contribution in [0, 0.1) is 29.5 Å². The highest BCUT2D eigenvalue weighted by Crippen LogP contribution is 2.14. The fourth-order valence-electron chi connectivity index (χ4n) is 4.38. The molecule has 4 N–H and O–H groups in total. The summed E-state index contributed by atoms with van der Waals surface area (Å²) < 4.78 is 5.33. The second-order valence-electron chi connectivity index (χ2n) is 11.4. The molecule has 1 rings (SSSR count). The molecule has 0 radical (unpaired) electrons. The number of unbranched alkanes of at least 4 members (excludes halogenated alkanes) is 2. The predicted octanol–water partition coefficient (Wildman–Crippen LogP) is 2.52. The number of thioether (sulfide) groups is 2. The van der Waals surface area contributed by atoms with Crippen molar-refractivity contribution >= 4 is 83.3 Å². The van der Waals surface area contributed by atoms with Gasteiger partial charge in [0.2, 0.25) is 23.6 Å². The van der Waals surface area contributed by atoms with E-state index < -0.39 is 23.8 Å². The molecule has 1 saturated heterocycles. The van der Waals surface area contributed by atoms with Gasteiger partial charge >= 0.3 is 11.9 Å². The topological polar surface area (TPSA) is 224 Å². The fourth-order valence-corrected chi connectivity index (χ4v) is 6.12. The highest BCUT2D eigenvalue weighted by molar-refractivity contribution is 7.99. The van der Waals surface area contributed by atoms with Crippen LogP contribution in [-0.2, 0) is 55.6 Å². The van der Waals surface area contributed by atoms with E-state index in [-0.39, 0.29) is 49.3 Å². The van der Waals surface area contributed by atoms with Crippen LogP contribution in [0.5, 0.6) is 0 Å². The average Bonchev–Trinajstić information content (AvgIpc) is 3.48. The minimum Gasteiger partial charge on any atom is -0.481 e. The van der Waals surface area contributed by atoms with Gasteiger partial charge in [-0.25, -0.2) is 9.57 Å². The summed E-state index contributed by atoms with van der Waals surface area (Å²) in [6.07, 6.45) is 14.6. The zero-order valence-electron chi connectivity index (χ0n) is 31.9. The van der Waals surface area contributed by atoms with E-state index in [1.807, 2.05) is 0 Å². The molecule has 55 heavy (non-hydrogen) atoms. The molecule has 0 spiro atoms. The molecular formula is C36H56N6O10S3. The van der Waals surface area contributed by atoms with Gasteiger partial charge in [-0.15, -0.1) is 29.8 Å². The maximum absolute atomic E-state index is 12.1. The van der Waals surface area contributed by atoms with E-state index in [0.717, 1.165) is 0 Å². The zero-order valence-corrected chi connectivity index (χ0v) is 34.3. The first-order valence-electron chi connectivity index (χ1n) is 18.0. The lowest BCUT2D eigenvalue weighted by molar-refractivity contribution is -0.197. The monoisotopic (exact) mass is 828 g/mol. The Labute approximate surface area is 338 Å². The van der Waals surface area contributed by atoms with E-state index in [0.29, 0.717) is 119 Å². The Balaban J connectivity index is 0. The number of nitrogens with one attached hydrogen (secondary N) is 3. The van der Waals surface area contributed by atoms with Gasteiger partial charge in [-0.1, -0.05) is 13.8 Å². The SMILES string of the molecule is C#CCCCC(=O)NCCN(CCSCCC(=O)O)C(=O)CC.C#CCCCC(=O)NCCN(CCSCCC(=O)ON1C(=O)CCC1=O)C(=O)CC.N=S. The molecule has 0 aliphatic carbocycles. The van der Waals surface area contributed by atoms with Crippen molar-refractivity contribution in [2.45, 2.75) is 90.9 Å². The summed E-state index contributed by atoms with van der Waals surface area (Å²) in [5.74, 6) is 4.67. The van der Waals surface area contributed by atoms with E-state index in [4.69, 9.17) is 27.6 Å². The van der Waals surface area contributed by atoms with Crippen molar-refractivity contribution < 1.29 is 48.3 Å². The number of hydrogen-bond acceptors (Lipinski definition) is 13. The highest BCUT2D eigenvalue weighted by atomic mass is 32.2. The van der Waals surface area contributed by atoms with Crippen LogP contribution < -0.4 is 10.6 Å². The first-order chi connectivity index (χ1) is 26.4. The number of carbonyl (C=O) groups excluding carboxylic acids is 7. The minimum atomic E-state index is -0.813. The lowest BCUT2D eigenvalue weighted by atomic mass is 10.2. The van der Waals surface area contributed by atoms with Crippen molar-refractivity contribution in [1.82, 2.24) is 25.5 Å². The van der Waals surface area contributed by atoms with Crippen LogP contribution in [0.1, 0.15) is 90.9 Å². The lowest BCUT2D eigenvalue weighted by Crippen LogP contribution is -2.39. The van der Waals surface area contributed by atoms with Gasteiger partial charge in [0.15, 0.2) is 0 Å². The van der Waals surface area contributed by atoms with Gasteiger partial charge in [-0.3, -0.25) is 33.6 Å².